The molecular weight excluding hydrogens is 250 g/mol. The first-order valence-corrected chi connectivity index (χ1v) is 7.16. The van der Waals surface area contributed by atoms with Gasteiger partial charge in [0, 0.05) is 29.7 Å². The number of benzene rings is 1. The third kappa shape index (κ3) is 3.20. The van der Waals surface area contributed by atoms with Crippen LogP contribution in [-0.4, -0.2) is 23.6 Å². The van der Waals surface area contributed by atoms with Gasteiger partial charge in [-0.25, -0.2) is 0 Å². The van der Waals surface area contributed by atoms with E-state index in [-0.39, 0.29) is 11.9 Å². The average Bonchev–Trinajstić information content (AvgIpc) is 2.78. The zero-order valence-electron chi connectivity index (χ0n) is 12.4. The minimum atomic E-state index is 0.0658. The SMILES string of the molecule is CCC(C)NC(=O)Cn1cc(CNC)c2ccccc21. The number of carbonyl (C=O) groups is 1. The van der Waals surface area contributed by atoms with Gasteiger partial charge in [0.25, 0.3) is 0 Å². The van der Waals surface area contributed by atoms with E-state index in [0.29, 0.717) is 6.54 Å². The lowest BCUT2D eigenvalue weighted by Crippen LogP contribution is -2.34. The van der Waals surface area contributed by atoms with Crippen LogP contribution in [0, 0.1) is 0 Å². The molecule has 0 aliphatic carbocycles. The molecule has 0 saturated carbocycles. The van der Waals surface area contributed by atoms with Crippen LogP contribution in [0.1, 0.15) is 25.8 Å². The van der Waals surface area contributed by atoms with Crippen LogP contribution in [0.15, 0.2) is 30.5 Å². The standard InChI is InChI=1S/C16H23N3O/c1-4-12(2)18-16(20)11-19-10-13(9-17-3)14-7-5-6-8-15(14)19/h5-8,10,12,17H,4,9,11H2,1-3H3,(H,18,20). The van der Waals surface area contributed by atoms with E-state index in [0.717, 1.165) is 18.5 Å². The van der Waals surface area contributed by atoms with E-state index in [1.165, 1.54) is 10.9 Å². The summed E-state index contributed by atoms with van der Waals surface area (Å²) in [4.78, 5) is 12.0. The second-order valence-corrected chi connectivity index (χ2v) is 5.21. The summed E-state index contributed by atoms with van der Waals surface area (Å²) in [5.41, 5.74) is 2.33. The van der Waals surface area contributed by atoms with Crippen molar-refractivity contribution >= 4 is 16.8 Å². The van der Waals surface area contributed by atoms with Gasteiger partial charge in [-0.1, -0.05) is 25.1 Å². The maximum Gasteiger partial charge on any atom is 0.240 e. The zero-order chi connectivity index (χ0) is 14.5. The second kappa shape index (κ2) is 6.57. The molecule has 1 heterocycles. The lowest BCUT2D eigenvalue weighted by molar-refractivity contribution is -0.122. The van der Waals surface area contributed by atoms with Gasteiger partial charge in [0.15, 0.2) is 0 Å². The first kappa shape index (κ1) is 14.6. The van der Waals surface area contributed by atoms with E-state index >= 15 is 0 Å². The van der Waals surface area contributed by atoms with Gasteiger partial charge < -0.3 is 15.2 Å². The number of nitrogens with one attached hydrogen (secondary N) is 2. The summed E-state index contributed by atoms with van der Waals surface area (Å²) >= 11 is 0. The molecule has 0 fully saturated rings. The number of nitrogens with zero attached hydrogens (tertiary/aromatic N) is 1. The number of carbonyl (C=O) groups excluding carboxylic acids is 1. The van der Waals surface area contributed by atoms with Crippen molar-refractivity contribution < 1.29 is 4.79 Å². The number of rotatable bonds is 6. The van der Waals surface area contributed by atoms with E-state index in [1.54, 1.807) is 0 Å². The molecule has 1 atom stereocenters. The van der Waals surface area contributed by atoms with Gasteiger partial charge in [0.05, 0.1) is 0 Å². The molecule has 2 rings (SSSR count). The van der Waals surface area contributed by atoms with Crippen LogP contribution in [0.2, 0.25) is 0 Å². The summed E-state index contributed by atoms with van der Waals surface area (Å²) < 4.78 is 2.03. The first-order chi connectivity index (χ1) is 9.65. The molecule has 1 amide bonds. The summed E-state index contributed by atoms with van der Waals surface area (Å²) in [6.07, 6.45) is 3.01. The van der Waals surface area contributed by atoms with Gasteiger partial charge in [-0.3, -0.25) is 4.79 Å². The Labute approximate surface area is 120 Å². The molecule has 0 bridgehead atoms. The van der Waals surface area contributed by atoms with Crippen LogP contribution in [-0.2, 0) is 17.9 Å². The summed E-state index contributed by atoms with van der Waals surface area (Å²) in [5, 5.41) is 7.39. The topological polar surface area (TPSA) is 46.1 Å². The maximum atomic E-state index is 12.0. The highest BCUT2D eigenvalue weighted by molar-refractivity contribution is 5.86. The predicted molar refractivity (Wildman–Crippen MR) is 82.6 cm³/mol. The van der Waals surface area contributed by atoms with Gasteiger partial charge in [-0.2, -0.15) is 0 Å². The van der Waals surface area contributed by atoms with Crippen molar-refractivity contribution in [3.8, 4) is 0 Å². The minimum absolute atomic E-state index is 0.0658. The van der Waals surface area contributed by atoms with Crippen LogP contribution in [0.25, 0.3) is 10.9 Å². The Kier molecular flexibility index (Phi) is 4.79. The van der Waals surface area contributed by atoms with Crippen LogP contribution >= 0.6 is 0 Å². The van der Waals surface area contributed by atoms with E-state index in [2.05, 4.69) is 35.9 Å². The van der Waals surface area contributed by atoms with Gasteiger partial charge >= 0.3 is 0 Å². The number of para-hydroxylation sites is 1. The molecule has 0 aliphatic rings. The smallest absolute Gasteiger partial charge is 0.240 e. The van der Waals surface area contributed by atoms with E-state index in [4.69, 9.17) is 0 Å². The molecule has 108 valence electrons. The van der Waals surface area contributed by atoms with E-state index in [9.17, 15) is 4.79 Å². The Bertz CT molecular complexity index is 588. The number of amides is 1. The van der Waals surface area contributed by atoms with Gasteiger partial charge in [-0.15, -0.1) is 0 Å². The molecule has 2 aromatic rings. The van der Waals surface area contributed by atoms with Crippen LogP contribution in [0.3, 0.4) is 0 Å². The van der Waals surface area contributed by atoms with Crippen molar-refractivity contribution in [3.63, 3.8) is 0 Å². The highest BCUT2D eigenvalue weighted by atomic mass is 16.2. The lowest BCUT2D eigenvalue weighted by Gasteiger charge is -2.12. The van der Waals surface area contributed by atoms with Gasteiger partial charge in [-0.05, 0) is 32.0 Å². The molecule has 0 aliphatic heterocycles. The van der Waals surface area contributed by atoms with Crippen LogP contribution in [0.4, 0.5) is 0 Å². The van der Waals surface area contributed by atoms with Crippen LogP contribution in [0.5, 0.6) is 0 Å². The molecule has 1 unspecified atom stereocenters. The molecule has 0 radical (unpaired) electrons. The van der Waals surface area contributed by atoms with Crippen molar-refractivity contribution in [2.75, 3.05) is 7.05 Å². The maximum absolute atomic E-state index is 12.0. The summed E-state index contributed by atoms with van der Waals surface area (Å²) in [6.45, 7) is 5.27. The zero-order valence-corrected chi connectivity index (χ0v) is 12.4. The molecular formula is C16H23N3O. The third-order valence-corrected chi connectivity index (χ3v) is 3.57. The summed E-state index contributed by atoms with van der Waals surface area (Å²) in [5.74, 6) is 0.0658. The Morgan fingerprint density at radius 3 is 2.80 bits per heavy atom. The quantitative estimate of drug-likeness (QED) is 0.848. The van der Waals surface area contributed by atoms with Gasteiger partial charge in [0.2, 0.25) is 5.91 Å². The molecule has 4 nitrogen and oxygen atoms in total. The highest BCUT2D eigenvalue weighted by Gasteiger charge is 2.11. The molecule has 0 spiro atoms. The summed E-state index contributed by atoms with van der Waals surface area (Å²) in [7, 11) is 1.93. The fourth-order valence-corrected chi connectivity index (χ4v) is 2.36. The monoisotopic (exact) mass is 273 g/mol. The molecule has 20 heavy (non-hydrogen) atoms. The second-order valence-electron chi connectivity index (χ2n) is 5.21. The molecule has 4 heteroatoms. The Morgan fingerprint density at radius 2 is 2.10 bits per heavy atom. The van der Waals surface area contributed by atoms with Crippen LogP contribution < -0.4 is 10.6 Å². The lowest BCUT2D eigenvalue weighted by atomic mass is 10.2. The first-order valence-electron chi connectivity index (χ1n) is 7.16. The Morgan fingerprint density at radius 1 is 1.35 bits per heavy atom. The fraction of sp³-hybridized carbons (Fsp3) is 0.438. The van der Waals surface area contributed by atoms with Crippen molar-refractivity contribution in [1.29, 1.82) is 0 Å². The highest BCUT2D eigenvalue weighted by Crippen LogP contribution is 2.21. The molecule has 2 N–H and O–H groups in total. The molecule has 1 aromatic heterocycles. The number of fused-ring (bicyclic) bond motifs is 1. The normalized spacial score (nSPS) is 12.6. The van der Waals surface area contributed by atoms with Crippen molar-refractivity contribution in [3.05, 3.63) is 36.0 Å². The third-order valence-electron chi connectivity index (χ3n) is 3.57. The van der Waals surface area contributed by atoms with E-state index in [1.807, 2.05) is 30.7 Å². The van der Waals surface area contributed by atoms with E-state index < -0.39 is 0 Å². The fourth-order valence-electron chi connectivity index (χ4n) is 2.36. The largest absolute Gasteiger partial charge is 0.352 e. The predicted octanol–water partition coefficient (Wildman–Crippen LogP) is 2.28. The van der Waals surface area contributed by atoms with Crippen molar-refractivity contribution in [2.24, 2.45) is 0 Å². The molecule has 0 saturated heterocycles. The Hall–Kier alpha value is -1.81. The molecule has 1 aromatic carbocycles. The van der Waals surface area contributed by atoms with Crippen molar-refractivity contribution in [2.45, 2.75) is 39.4 Å². The van der Waals surface area contributed by atoms with Crippen molar-refractivity contribution in [1.82, 2.24) is 15.2 Å². The van der Waals surface area contributed by atoms with Gasteiger partial charge in [0.1, 0.15) is 6.54 Å². The Balaban J connectivity index is 2.23. The number of hydrogen-bond donors (Lipinski definition) is 2. The number of hydrogen-bond acceptors (Lipinski definition) is 2. The minimum Gasteiger partial charge on any atom is -0.352 e. The average molecular weight is 273 g/mol. The summed E-state index contributed by atoms with van der Waals surface area (Å²) in [6, 6.07) is 8.43. The number of aromatic nitrogens is 1.